The summed E-state index contributed by atoms with van der Waals surface area (Å²) in [6.07, 6.45) is 2.57. The second kappa shape index (κ2) is 7.11. The third-order valence-corrected chi connectivity index (χ3v) is 6.60. The summed E-state index contributed by atoms with van der Waals surface area (Å²) in [5.74, 6) is -0.117. The molecule has 0 aromatic heterocycles. The lowest BCUT2D eigenvalue weighted by atomic mass is 9.86. The van der Waals surface area contributed by atoms with Crippen molar-refractivity contribution in [1.82, 2.24) is 4.72 Å². The number of amides is 1. The molecule has 24 heavy (non-hydrogen) atoms. The highest BCUT2D eigenvalue weighted by molar-refractivity contribution is 7.90. The fourth-order valence-electron chi connectivity index (χ4n) is 2.70. The maximum Gasteiger partial charge on any atom is 0.227 e. The summed E-state index contributed by atoms with van der Waals surface area (Å²) in [5.41, 5.74) is 0.565. The minimum Gasteiger partial charge on any atom is -0.508 e. The predicted octanol–water partition coefficient (Wildman–Crippen LogP) is 2.61. The van der Waals surface area contributed by atoms with Crippen LogP contribution in [0.1, 0.15) is 46.5 Å². The first-order valence-electron chi connectivity index (χ1n) is 8.20. The van der Waals surface area contributed by atoms with Gasteiger partial charge in [-0.15, -0.1) is 0 Å². The van der Waals surface area contributed by atoms with E-state index in [4.69, 9.17) is 0 Å². The first kappa shape index (κ1) is 18.7. The van der Waals surface area contributed by atoms with Crippen LogP contribution in [-0.4, -0.2) is 30.2 Å². The van der Waals surface area contributed by atoms with Crippen LogP contribution >= 0.6 is 0 Å². The molecule has 6 nitrogen and oxygen atoms in total. The minimum absolute atomic E-state index is 0.0854. The maximum atomic E-state index is 12.3. The molecule has 0 bridgehead atoms. The van der Waals surface area contributed by atoms with Crippen molar-refractivity contribution in [1.29, 1.82) is 0 Å². The molecule has 2 rings (SSSR count). The van der Waals surface area contributed by atoms with Gasteiger partial charge in [-0.1, -0.05) is 6.07 Å². The molecule has 1 saturated carbocycles. The van der Waals surface area contributed by atoms with Gasteiger partial charge in [-0.05, 0) is 58.6 Å². The molecule has 7 heteroatoms. The summed E-state index contributed by atoms with van der Waals surface area (Å²) in [6.45, 7) is 5.01. The highest BCUT2D eigenvalue weighted by Gasteiger charge is 2.34. The Kier molecular flexibility index (Phi) is 5.55. The van der Waals surface area contributed by atoms with E-state index in [2.05, 4.69) is 10.0 Å². The van der Waals surface area contributed by atoms with Crippen LogP contribution in [0.15, 0.2) is 24.3 Å². The molecule has 1 aliphatic carbocycles. The van der Waals surface area contributed by atoms with E-state index in [0.717, 1.165) is 0 Å². The van der Waals surface area contributed by atoms with Gasteiger partial charge in [-0.2, -0.15) is 0 Å². The Bertz CT molecular complexity index is 687. The van der Waals surface area contributed by atoms with Crippen molar-refractivity contribution in [2.75, 3.05) is 5.32 Å². The van der Waals surface area contributed by atoms with Crippen LogP contribution in [-0.2, 0) is 14.8 Å². The van der Waals surface area contributed by atoms with Crippen molar-refractivity contribution >= 4 is 21.6 Å². The van der Waals surface area contributed by atoms with E-state index in [9.17, 15) is 18.3 Å². The maximum absolute atomic E-state index is 12.3. The molecule has 0 radical (unpaired) electrons. The number of carbonyl (C=O) groups excluding carboxylic acids is 1. The summed E-state index contributed by atoms with van der Waals surface area (Å²) in [5, 5.41) is 12.2. The number of benzene rings is 1. The normalized spacial score (nSPS) is 22.1. The van der Waals surface area contributed by atoms with E-state index in [1.807, 2.05) is 0 Å². The van der Waals surface area contributed by atoms with E-state index in [1.165, 1.54) is 6.07 Å². The topological polar surface area (TPSA) is 95.5 Å². The van der Waals surface area contributed by atoms with Crippen molar-refractivity contribution in [3.05, 3.63) is 24.3 Å². The van der Waals surface area contributed by atoms with Crippen molar-refractivity contribution in [3.8, 4) is 5.75 Å². The van der Waals surface area contributed by atoms with Crippen molar-refractivity contribution in [2.24, 2.45) is 5.92 Å². The number of phenols is 1. The average Bonchev–Trinajstić information content (AvgIpc) is 2.46. The van der Waals surface area contributed by atoms with Crippen LogP contribution < -0.4 is 10.0 Å². The van der Waals surface area contributed by atoms with E-state index in [0.29, 0.717) is 31.4 Å². The van der Waals surface area contributed by atoms with Gasteiger partial charge in [-0.3, -0.25) is 4.79 Å². The van der Waals surface area contributed by atoms with Gasteiger partial charge in [0.1, 0.15) is 5.75 Å². The smallest absolute Gasteiger partial charge is 0.227 e. The van der Waals surface area contributed by atoms with Gasteiger partial charge in [0.25, 0.3) is 0 Å². The fraction of sp³-hybridized carbons (Fsp3) is 0.588. The zero-order chi connectivity index (χ0) is 18.0. The number of hydrogen-bond acceptors (Lipinski definition) is 4. The molecule has 0 unspecified atom stereocenters. The van der Waals surface area contributed by atoms with Gasteiger partial charge in [0.05, 0.1) is 4.75 Å². The lowest BCUT2D eigenvalue weighted by Crippen LogP contribution is -2.46. The molecule has 0 saturated heterocycles. The fourth-order valence-corrected chi connectivity index (χ4v) is 3.73. The lowest BCUT2D eigenvalue weighted by Gasteiger charge is -2.30. The molecule has 134 valence electrons. The molecular weight excluding hydrogens is 328 g/mol. The number of aromatic hydroxyl groups is 1. The van der Waals surface area contributed by atoms with Gasteiger partial charge >= 0.3 is 0 Å². The predicted molar refractivity (Wildman–Crippen MR) is 94.3 cm³/mol. The van der Waals surface area contributed by atoms with Crippen LogP contribution in [0.4, 0.5) is 5.69 Å². The molecule has 3 N–H and O–H groups in total. The Labute approximate surface area is 143 Å². The highest BCUT2D eigenvalue weighted by Crippen LogP contribution is 2.27. The van der Waals surface area contributed by atoms with Gasteiger partial charge in [-0.25, -0.2) is 13.1 Å². The first-order valence-corrected chi connectivity index (χ1v) is 9.68. The molecule has 0 heterocycles. The third kappa shape index (κ3) is 4.70. The summed E-state index contributed by atoms with van der Waals surface area (Å²) in [6, 6.07) is 6.33. The van der Waals surface area contributed by atoms with E-state index in [-0.39, 0.29) is 23.6 Å². The average molecular weight is 354 g/mol. The standard InChI is InChI=1S/C17H26N2O4S/c1-17(2,3)24(22,23)19-13-9-7-12(8-10-13)16(21)18-14-5-4-6-15(20)11-14/h4-6,11-13,19-20H,7-10H2,1-3H3,(H,18,21). The summed E-state index contributed by atoms with van der Waals surface area (Å²) >= 11 is 0. The monoisotopic (exact) mass is 354 g/mol. The molecule has 0 aliphatic heterocycles. The minimum atomic E-state index is -3.37. The molecule has 0 atom stereocenters. The Morgan fingerprint density at radius 2 is 1.79 bits per heavy atom. The van der Waals surface area contributed by atoms with Gasteiger partial charge in [0, 0.05) is 23.7 Å². The zero-order valence-electron chi connectivity index (χ0n) is 14.4. The lowest BCUT2D eigenvalue weighted by molar-refractivity contribution is -0.120. The van der Waals surface area contributed by atoms with E-state index >= 15 is 0 Å². The Hall–Kier alpha value is -1.60. The molecule has 1 fully saturated rings. The second-order valence-electron chi connectivity index (χ2n) is 7.32. The van der Waals surface area contributed by atoms with Crippen LogP contribution in [0, 0.1) is 5.92 Å². The number of carbonyl (C=O) groups is 1. The van der Waals surface area contributed by atoms with Crippen LogP contribution in [0.25, 0.3) is 0 Å². The number of rotatable bonds is 4. The summed E-state index contributed by atoms with van der Waals surface area (Å²) in [7, 11) is -3.37. The van der Waals surface area contributed by atoms with Gasteiger partial charge in [0.15, 0.2) is 0 Å². The molecule has 1 aliphatic rings. The highest BCUT2D eigenvalue weighted by atomic mass is 32.2. The largest absolute Gasteiger partial charge is 0.508 e. The van der Waals surface area contributed by atoms with Gasteiger partial charge < -0.3 is 10.4 Å². The van der Waals surface area contributed by atoms with Crippen LogP contribution in [0.5, 0.6) is 5.75 Å². The third-order valence-electron chi connectivity index (χ3n) is 4.34. The number of sulfonamides is 1. The van der Waals surface area contributed by atoms with Crippen molar-refractivity contribution in [2.45, 2.75) is 57.2 Å². The Balaban J connectivity index is 1.87. The quantitative estimate of drug-likeness (QED) is 0.774. The SMILES string of the molecule is CC(C)(C)S(=O)(=O)NC1CCC(C(=O)Nc2cccc(O)c2)CC1. The summed E-state index contributed by atoms with van der Waals surface area (Å²) in [4.78, 5) is 12.3. The molecule has 0 spiro atoms. The van der Waals surface area contributed by atoms with E-state index in [1.54, 1.807) is 39.0 Å². The zero-order valence-corrected chi connectivity index (χ0v) is 15.2. The van der Waals surface area contributed by atoms with Gasteiger partial charge in [0.2, 0.25) is 15.9 Å². The first-order chi connectivity index (χ1) is 11.1. The van der Waals surface area contributed by atoms with E-state index < -0.39 is 14.8 Å². The molecule has 1 aromatic rings. The number of phenolic OH excluding ortho intramolecular Hbond substituents is 1. The number of anilines is 1. The Morgan fingerprint density at radius 3 is 2.33 bits per heavy atom. The molecular formula is C17H26N2O4S. The van der Waals surface area contributed by atoms with Crippen molar-refractivity contribution in [3.63, 3.8) is 0 Å². The Morgan fingerprint density at radius 1 is 1.17 bits per heavy atom. The van der Waals surface area contributed by atoms with Crippen LogP contribution in [0.2, 0.25) is 0 Å². The van der Waals surface area contributed by atoms with Crippen LogP contribution in [0.3, 0.4) is 0 Å². The molecule has 1 amide bonds. The number of nitrogens with one attached hydrogen (secondary N) is 2. The molecule has 1 aromatic carbocycles. The summed E-state index contributed by atoms with van der Waals surface area (Å²) < 4.78 is 26.3. The second-order valence-corrected chi connectivity index (χ2v) is 9.79. The van der Waals surface area contributed by atoms with Crippen molar-refractivity contribution < 1.29 is 18.3 Å². The number of hydrogen-bond donors (Lipinski definition) is 3.